The number of rotatable bonds is 9. The van der Waals surface area contributed by atoms with E-state index in [2.05, 4.69) is 17.1 Å². The van der Waals surface area contributed by atoms with Crippen molar-refractivity contribution in [3.05, 3.63) is 0 Å². The van der Waals surface area contributed by atoms with Gasteiger partial charge in [-0.05, 0) is 20.0 Å². The second kappa shape index (κ2) is 8.53. The molecular weight excluding hydrogens is 204 g/mol. The summed E-state index contributed by atoms with van der Waals surface area (Å²) in [6.07, 6.45) is 3.54. The minimum atomic E-state index is -0.768. The van der Waals surface area contributed by atoms with Crippen molar-refractivity contribution in [1.82, 2.24) is 10.2 Å². The van der Waals surface area contributed by atoms with Gasteiger partial charge in [0.05, 0.1) is 0 Å². The van der Waals surface area contributed by atoms with E-state index in [1.165, 1.54) is 12.8 Å². The third-order valence-electron chi connectivity index (χ3n) is 2.47. The van der Waals surface area contributed by atoms with Gasteiger partial charge in [-0.1, -0.05) is 33.6 Å². The minimum absolute atomic E-state index is 0.199. The van der Waals surface area contributed by atoms with Crippen LogP contribution in [-0.2, 0) is 4.79 Å². The van der Waals surface area contributed by atoms with Crippen molar-refractivity contribution in [2.24, 2.45) is 0 Å². The van der Waals surface area contributed by atoms with Gasteiger partial charge in [-0.2, -0.15) is 0 Å². The predicted molar refractivity (Wildman–Crippen MR) is 66.7 cm³/mol. The van der Waals surface area contributed by atoms with Gasteiger partial charge in [0, 0.05) is 12.6 Å². The Morgan fingerprint density at radius 1 is 1.38 bits per heavy atom. The molecule has 0 fully saturated rings. The van der Waals surface area contributed by atoms with Crippen LogP contribution in [0, 0.1) is 0 Å². The summed E-state index contributed by atoms with van der Waals surface area (Å²) in [5, 5.41) is 12.1. The zero-order valence-electron chi connectivity index (χ0n) is 11.0. The first-order chi connectivity index (χ1) is 7.47. The van der Waals surface area contributed by atoms with E-state index in [-0.39, 0.29) is 6.04 Å². The smallest absolute Gasteiger partial charge is 0.322 e. The lowest BCUT2D eigenvalue weighted by Crippen LogP contribution is -2.47. The van der Waals surface area contributed by atoms with Crippen molar-refractivity contribution >= 4 is 5.97 Å². The first-order valence-corrected chi connectivity index (χ1v) is 6.14. The molecule has 0 aromatic carbocycles. The molecule has 0 amide bonds. The highest BCUT2D eigenvalue weighted by molar-refractivity contribution is 5.73. The van der Waals surface area contributed by atoms with Gasteiger partial charge in [-0.15, -0.1) is 0 Å². The minimum Gasteiger partial charge on any atom is -0.480 e. The molecule has 0 rings (SSSR count). The lowest BCUT2D eigenvalue weighted by Gasteiger charge is -2.23. The van der Waals surface area contributed by atoms with Crippen LogP contribution in [0.4, 0.5) is 0 Å². The van der Waals surface area contributed by atoms with Crippen LogP contribution in [0.25, 0.3) is 0 Å². The number of hydrogen-bond donors (Lipinski definition) is 2. The van der Waals surface area contributed by atoms with Gasteiger partial charge in [0.1, 0.15) is 6.04 Å². The number of nitrogens with zero attached hydrogens (tertiary/aromatic N) is 1. The number of carboxylic acids is 1. The average Bonchev–Trinajstić information content (AvgIpc) is 2.16. The molecule has 1 atom stereocenters. The van der Waals surface area contributed by atoms with E-state index in [0.717, 1.165) is 13.0 Å². The van der Waals surface area contributed by atoms with E-state index in [1.807, 2.05) is 20.9 Å². The van der Waals surface area contributed by atoms with E-state index >= 15 is 0 Å². The number of likely N-dealkylation sites (N-methyl/N-ethyl adjacent to an activating group) is 1. The molecule has 0 spiro atoms. The van der Waals surface area contributed by atoms with Crippen LogP contribution in [0.2, 0.25) is 0 Å². The highest BCUT2D eigenvalue weighted by Crippen LogP contribution is 1.98. The summed E-state index contributed by atoms with van der Waals surface area (Å²) >= 11 is 0. The van der Waals surface area contributed by atoms with E-state index < -0.39 is 12.0 Å². The molecule has 4 heteroatoms. The quantitative estimate of drug-likeness (QED) is 0.590. The highest BCUT2D eigenvalue weighted by Gasteiger charge is 2.19. The second-order valence-corrected chi connectivity index (χ2v) is 4.68. The molecule has 2 N–H and O–H groups in total. The molecule has 0 aromatic rings. The molecule has 0 aromatic heterocycles. The predicted octanol–water partition coefficient (Wildman–Crippen LogP) is 1.56. The number of aliphatic carboxylic acids is 1. The largest absolute Gasteiger partial charge is 0.480 e. The molecule has 0 heterocycles. The molecule has 16 heavy (non-hydrogen) atoms. The lowest BCUT2D eigenvalue weighted by molar-refractivity contribution is -0.140. The zero-order valence-corrected chi connectivity index (χ0v) is 11.0. The fraction of sp³-hybridized carbons (Fsp3) is 0.917. The molecule has 0 aliphatic carbocycles. The molecule has 4 nitrogen and oxygen atoms in total. The summed E-state index contributed by atoms with van der Waals surface area (Å²) in [6, 6.07) is -0.267. The van der Waals surface area contributed by atoms with Crippen LogP contribution in [-0.4, -0.2) is 48.2 Å². The lowest BCUT2D eigenvalue weighted by atomic mass is 10.2. The molecule has 0 radical (unpaired) electrons. The molecule has 96 valence electrons. The maximum atomic E-state index is 11.0. The Balaban J connectivity index is 3.93. The topological polar surface area (TPSA) is 52.6 Å². The van der Waals surface area contributed by atoms with Gasteiger partial charge in [-0.25, -0.2) is 0 Å². The molecule has 0 saturated heterocycles. The Morgan fingerprint density at radius 3 is 2.44 bits per heavy atom. The van der Waals surface area contributed by atoms with Crippen molar-refractivity contribution in [3.8, 4) is 0 Å². The number of carbonyl (C=O) groups is 1. The summed E-state index contributed by atoms with van der Waals surface area (Å²) in [4.78, 5) is 13.1. The van der Waals surface area contributed by atoms with Crippen molar-refractivity contribution in [1.29, 1.82) is 0 Å². The third kappa shape index (κ3) is 7.65. The van der Waals surface area contributed by atoms with Crippen LogP contribution < -0.4 is 5.32 Å². The Morgan fingerprint density at radius 2 is 2.00 bits per heavy atom. The third-order valence-corrected chi connectivity index (χ3v) is 2.47. The highest BCUT2D eigenvalue weighted by atomic mass is 16.4. The first kappa shape index (κ1) is 15.4. The van der Waals surface area contributed by atoms with Gasteiger partial charge >= 0.3 is 5.97 Å². The van der Waals surface area contributed by atoms with Crippen LogP contribution in [0.1, 0.15) is 40.0 Å². The van der Waals surface area contributed by atoms with Crippen molar-refractivity contribution in [2.45, 2.75) is 52.1 Å². The Labute approximate surface area is 99.0 Å². The standard InChI is InChI=1S/C12H26N2O2/c1-5-6-7-8-14(4)9-11(12(15)16)13-10(2)3/h10-11,13H,5-9H2,1-4H3,(H,15,16). The monoisotopic (exact) mass is 230 g/mol. The van der Waals surface area contributed by atoms with E-state index in [1.54, 1.807) is 0 Å². The van der Waals surface area contributed by atoms with E-state index in [9.17, 15) is 4.79 Å². The maximum absolute atomic E-state index is 11.0. The molecule has 0 aliphatic heterocycles. The fourth-order valence-corrected chi connectivity index (χ4v) is 1.64. The maximum Gasteiger partial charge on any atom is 0.322 e. The zero-order chi connectivity index (χ0) is 12.6. The molecule has 0 bridgehead atoms. The van der Waals surface area contributed by atoms with Gasteiger partial charge in [0.15, 0.2) is 0 Å². The van der Waals surface area contributed by atoms with Crippen LogP contribution in [0.15, 0.2) is 0 Å². The number of nitrogens with one attached hydrogen (secondary N) is 1. The second-order valence-electron chi connectivity index (χ2n) is 4.68. The molecule has 0 saturated carbocycles. The number of carboxylic acid groups (broad SMARTS) is 1. The van der Waals surface area contributed by atoms with Crippen LogP contribution in [0.5, 0.6) is 0 Å². The van der Waals surface area contributed by atoms with Crippen LogP contribution in [0.3, 0.4) is 0 Å². The van der Waals surface area contributed by atoms with Gasteiger partial charge in [0.2, 0.25) is 0 Å². The Bertz CT molecular complexity index is 195. The Hall–Kier alpha value is -0.610. The SMILES string of the molecule is CCCCCN(C)CC(NC(C)C)C(=O)O. The van der Waals surface area contributed by atoms with Crippen LogP contribution >= 0.6 is 0 Å². The average molecular weight is 230 g/mol. The molecule has 0 aliphatic rings. The van der Waals surface area contributed by atoms with Gasteiger partial charge in [-0.3, -0.25) is 4.79 Å². The van der Waals surface area contributed by atoms with Crippen molar-refractivity contribution in [3.63, 3.8) is 0 Å². The summed E-state index contributed by atoms with van der Waals surface area (Å²) < 4.78 is 0. The number of unbranched alkanes of at least 4 members (excludes halogenated alkanes) is 2. The van der Waals surface area contributed by atoms with Gasteiger partial charge < -0.3 is 15.3 Å². The van der Waals surface area contributed by atoms with Crippen molar-refractivity contribution in [2.75, 3.05) is 20.1 Å². The molecular formula is C12H26N2O2. The van der Waals surface area contributed by atoms with Crippen molar-refractivity contribution < 1.29 is 9.90 Å². The number of hydrogen-bond acceptors (Lipinski definition) is 3. The van der Waals surface area contributed by atoms with E-state index in [0.29, 0.717) is 6.54 Å². The fourth-order valence-electron chi connectivity index (χ4n) is 1.64. The first-order valence-electron chi connectivity index (χ1n) is 6.14. The summed E-state index contributed by atoms with van der Waals surface area (Å²) in [5.74, 6) is -0.768. The molecule has 1 unspecified atom stereocenters. The summed E-state index contributed by atoms with van der Waals surface area (Å²) in [6.45, 7) is 7.63. The Kier molecular flexibility index (Phi) is 8.21. The van der Waals surface area contributed by atoms with E-state index in [4.69, 9.17) is 5.11 Å². The summed E-state index contributed by atoms with van der Waals surface area (Å²) in [5.41, 5.74) is 0. The van der Waals surface area contributed by atoms with Gasteiger partial charge in [0.25, 0.3) is 0 Å². The summed E-state index contributed by atoms with van der Waals surface area (Å²) in [7, 11) is 1.98. The normalized spacial score (nSPS) is 13.4.